The number of hydrogen-bond acceptors (Lipinski definition) is 1. The summed E-state index contributed by atoms with van der Waals surface area (Å²) >= 11 is 3.54. The molecule has 0 atom stereocenters. The first-order valence-corrected chi connectivity index (χ1v) is 5.24. The van der Waals surface area contributed by atoms with Crippen LogP contribution in [-0.4, -0.2) is 7.11 Å². The fourth-order valence-electron chi connectivity index (χ4n) is 1.55. The van der Waals surface area contributed by atoms with Gasteiger partial charge >= 0.3 is 0 Å². The Hall–Kier alpha value is -1.02. The smallest absolute Gasteiger partial charge is 0.133 e. The molecule has 0 saturated heterocycles. The molecule has 0 aliphatic carbocycles. The third kappa shape index (κ3) is 1.50. The summed E-state index contributed by atoms with van der Waals surface area (Å²) in [6, 6.07) is 10.4. The van der Waals surface area contributed by atoms with Crippen LogP contribution >= 0.6 is 15.9 Å². The Morgan fingerprint density at radius 2 is 1.93 bits per heavy atom. The monoisotopic (exact) mass is 250 g/mol. The maximum absolute atomic E-state index is 5.24. The molecule has 0 amide bonds. The Morgan fingerprint density at radius 3 is 2.64 bits per heavy atom. The second-order valence-corrected chi connectivity index (χ2v) is 4.10. The van der Waals surface area contributed by atoms with Crippen molar-refractivity contribution < 1.29 is 4.74 Å². The SMILES string of the molecule is COc1ccc2cc(C)ccc2c1Br. The minimum absolute atomic E-state index is 0.876. The summed E-state index contributed by atoms with van der Waals surface area (Å²) in [4.78, 5) is 0. The van der Waals surface area contributed by atoms with Gasteiger partial charge in [0, 0.05) is 0 Å². The Labute approximate surface area is 91.8 Å². The van der Waals surface area contributed by atoms with Crippen molar-refractivity contribution in [3.05, 3.63) is 40.4 Å². The third-order valence-electron chi connectivity index (χ3n) is 2.29. The van der Waals surface area contributed by atoms with Crippen LogP contribution in [0.1, 0.15) is 5.56 Å². The standard InChI is InChI=1S/C12H11BrO/c1-8-3-5-10-9(7-8)4-6-11(14-2)12(10)13/h3-7H,1-2H3. The average Bonchev–Trinajstić information content (AvgIpc) is 2.18. The molecule has 2 rings (SSSR count). The van der Waals surface area contributed by atoms with E-state index in [0.29, 0.717) is 0 Å². The Morgan fingerprint density at radius 1 is 1.14 bits per heavy atom. The van der Waals surface area contributed by atoms with Crippen molar-refractivity contribution in [2.45, 2.75) is 6.92 Å². The quantitative estimate of drug-likeness (QED) is 0.746. The van der Waals surface area contributed by atoms with Crippen LogP contribution in [0.3, 0.4) is 0 Å². The molecule has 0 aliphatic heterocycles. The fourth-order valence-corrected chi connectivity index (χ4v) is 2.20. The van der Waals surface area contributed by atoms with Crippen molar-refractivity contribution >= 4 is 26.7 Å². The largest absolute Gasteiger partial charge is 0.496 e. The highest BCUT2D eigenvalue weighted by Gasteiger charge is 2.04. The maximum Gasteiger partial charge on any atom is 0.133 e. The van der Waals surface area contributed by atoms with Crippen LogP contribution in [0.2, 0.25) is 0 Å². The summed E-state index contributed by atoms with van der Waals surface area (Å²) in [6.45, 7) is 2.09. The van der Waals surface area contributed by atoms with E-state index in [1.54, 1.807) is 7.11 Å². The molecule has 0 spiro atoms. The van der Waals surface area contributed by atoms with Crippen molar-refractivity contribution in [3.63, 3.8) is 0 Å². The lowest BCUT2D eigenvalue weighted by molar-refractivity contribution is 0.413. The molecule has 0 heterocycles. The lowest BCUT2D eigenvalue weighted by atomic mass is 10.1. The predicted molar refractivity (Wildman–Crippen MR) is 62.9 cm³/mol. The van der Waals surface area contributed by atoms with Crippen LogP contribution in [0.25, 0.3) is 10.8 Å². The third-order valence-corrected chi connectivity index (χ3v) is 3.11. The summed E-state index contributed by atoms with van der Waals surface area (Å²) in [5.41, 5.74) is 1.27. The van der Waals surface area contributed by atoms with E-state index in [4.69, 9.17) is 4.74 Å². The van der Waals surface area contributed by atoms with Gasteiger partial charge in [0.1, 0.15) is 5.75 Å². The Bertz CT molecular complexity index is 477. The number of rotatable bonds is 1. The number of hydrogen-bond donors (Lipinski definition) is 0. The molecule has 14 heavy (non-hydrogen) atoms. The number of methoxy groups -OCH3 is 1. The highest BCUT2D eigenvalue weighted by molar-refractivity contribution is 9.10. The van der Waals surface area contributed by atoms with E-state index in [1.807, 2.05) is 6.07 Å². The molecule has 2 aromatic rings. The highest BCUT2D eigenvalue weighted by Crippen LogP contribution is 2.33. The number of aryl methyl sites for hydroxylation is 1. The molecule has 0 unspecified atom stereocenters. The number of halogens is 1. The van der Waals surface area contributed by atoms with Gasteiger partial charge in [-0.3, -0.25) is 0 Å². The van der Waals surface area contributed by atoms with Gasteiger partial charge in [-0.1, -0.05) is 29.8 Å². The average molecular weight is 251 g/mol. The first-order chi connectivity index (χ1) is 6.72. The lowest BCUT2D eigenvalue weighted by Gasteiger charge is -2.07. The van der Waals surface area contributed by atoms with Crippen molar-refractivity contribution in [1.82, 2.24) is 0 Å². The van der Waals surface area contributed by atoms with Crippen molar-refractivity contribution in [1.29, 1.82) is 0 Å². The van der Waals surface area contributed by atoms with Crippen LogP contribution in [0, 0.1) is 6.92 Å². The summed E-state index contributed by atoms with van der Waals surface area (Å²) in [5, 5.41) is 2.42. The summed E-state index contributed by atoms with van der Waals surface area (Å²) in [6.07, 6.45) is 0. The summed E-state index contributed by atoms with van der Waals surface area (Å²) < 4.78 is 6.26. The fraction of sp³-hybridized carbons (Fsp3) is 0.167. The number of fused-ring (bicyclic) bond motifs is 1. The molecule has 1 nitrogen and oxygen atoms in total. The zero-order valence-electron chi connectivity index (χ0n) is 8.17. The van der Waals surface area contributed by atoms with E-state index < -0.39 is 0 Å². The van der Waals surface area contributed by atoms with E-state index in [9.17, 15) is 0 Å². The van der Waals surface area contributed by atoms with Crippen molar-refractivity contribution in [2.24, 2.45) is 0 Å². The zero-order chi connectivity index (χ0) is 10.1. The lowest BCUT2D eigenvalue weighted by Crippen LogP contribution is -1.85. The molecule has 0 bridgehead atoms. The maximum atomic E-state index is 5.24. The van der Waals surface area contributed by atoms with Gasteiger partial charge in [0.25, 0.3) is 0 Å². The molecule has 0 N–H and O–H groups in total. The topological polar surface area (TPSA) is 9.23 Å². The molecule has 72 valence electrons. The van der Waals surface area contributed by atoms with Gasteiger partial charge in [-0.15, -0.1) is 0 Å². The molecule has 0 aliphatic rings. The normalized spacial score (nSPS) is 10.5. The minimum atomic E-state index is 0.876. The van der Waals surface area contributed by atoms with E-state index in [2.05, 4.69) is 47.1 Å². The van der Waals surface area contributed by atoms with Crippen LogP contribution in [0.5, 0.6) is 5.75 Å². The first kappa shape index (κ1) is 9.53. The van der Waals surface area contributed by atoms with Crippen LogP contribution in [0.15, 0.2) is 34.8 Å². The molecule has 0 saturated carbocycles. The van der Waals surface area contributed by atoms with Gasteiger partial charge in [0.2, 0.25) is 0 Å². The van der Waals surface area contributed by atoms with E-state index in [-0.39, 0.29) is 0 Å². The van der Waals surface area contributed by atoms with Crippen molar-refractivity contribution in [3.8, 4) is 5.75 Å². The van der Waals surface area contributed by atoms with Gasteiger partial charge in [0.05, 0.1) is 11.6 Å². The van der Waals surface area contributed by atoms with E-state index in [0.717, 1.165) is 10.2 Å². The molecule has 0 fully saturated rings. The second kappa shape index (κ2) is 3.62. The molecule has 0 radical (unpaired) electrons. The zero-order valence-corrected chi connectivity index (χ0v) is 9.76. The second-order valence-electron chi connectivity index (χ2n) is 3.31. The van der Waals surface area contributed by atoms with Crippen LogP contribution in [-0.2, 0) is 0 Å². The van der Waals surface area contributed by atoms with E-state index in [1.165, 1.54) is 16.3 Å². The van der Waals surface area contributed by atoms with Crippen LogP contribution in [0.4, 0.5) is 0 Å². The Kier molecular flexibility index (Phi) is 2.46. The van der Waals surface area contributed by atoms with Gasteiger partial charge in [-0.05, 0) is 39.7 Å². The molecular formula is C12H11BrO. The van der Waals surface area contributed by atoms with Gasteiger partial charge in [0.15, 0.2) is 0 Å². The predicted octanol–water partition coefficient (Wildman–Crippen LogP) is 3.92. The van der Waals surface area contributed by atoms with Gasteiger partial charge < -0.3 is 4.74 Å². The molecule has 2 aromatic carbocycles. The number of benzene rings is 2. The van der Waals surface area contributed by atoms with Crippen LogP contribution < -0.4 is 4.74 Å². The van der Waals surface area contributed by atoms with Crippen molar-refractivity contribution in [2.75, 3.05) is 7.11 Å². The highest BCUT2D eigenvalue weighted by atomic mass is 79.9. The molecule has 0 aromatic heterocycles. The van der Waals surface area contributed by atoms with Gasteiger partial charge in [-0.25, -0.2) is 0 Å². The molecule has 2 heteroatoms. The summed E-state index contributed by atoms with van der Waals surface area (Å²) in [5.74, 6) is 0.876. The Balaban J connectivity index is 2.77. The van der Waals surface area contributed by atoms with E-state index >= 15 is 0 Å². The van der Waals surface area contributed by atoms with Gasteiger partial charge in [-0.2, -0.15) is 0 Å². The summed E-state index contributed by atoms with van der Waals surface area (Å²) in [7, 11) is 1.68. The number of ether oxygens (including phenoxy) is 1. The molecular weight excluding hydrogens is 240 g/mol. The first-order valence-electron chi connectivity index (χ1n) is 4.45. The minimum Gasteiger partial charge on any atom is -0.496 e.